The van der Waals surface area contributed by atoms with E-state index in [2.05, 4.69) is 4.98 Å². The van der Waals surface area contributed by atoms with Crippen molar-refractivity contribution < 1.29 is 13.9 Å². The molecule has 0 aliphatic carbocycles. The van der Waals surface area contributed by atoms with Crippen LogP contribution in [0.4, 0.5) is 6.01 Å². The molecule has 1 aromatic carbocycles. The Morgan fingerprint density at radius 2 is 2.11 bits per heavy atom. The van der Waals surface area contributed by atoms with Gasteiger partial charge in [-0.25, -0.2) is 0 Å². The number of carbonyl (C=O) groups excluding carboxylic acids is 1. The van der Waals surface area contributed by atoms with Gasteiger partial charge in [-0.3, -0.25) is 4.79 Å². The largest absolute Gasteiger partial charge is 0.423 e. The van der Waals surface area contributed by atoms with Gasteiger partial charge < -0.3 is 19.8 Å². The summed E-state index contributed by atoms with van der Waals surface area (Å²) in [6, 6.07) is 5.56. The van der Waals surface area contributed by atoms with Crippen LogP contribution >= 0.6 is 0 Å². The van der Waals surface area contributed by atoms with Gasteiger partial charge in [-0.1, -0.05) is 0 Å². The molecule has 2 heterocycles. The number of fused-ring (bicyclic) bond motifs is 1. The van der Waals surface area contributed by atoms with Gasteiger partial charge in [0.1, 0.15) is 5.52 Å². The summed E-state index contributed by atoms with van der Waals surface area (Å²) in [5.41, 5.74) is 6.96. The van der Waals surface area contributed by atoms with E-state index in [1.165, 1.54) is 0 Å². The minimum atomic E-state index is -0.465. The number of ether oxygens (including phenoxy) is 1. The van der Waals surface area contributed by atoms with Gasteiger partial charge in [-0.05, 0) is 18.2 Å². The molecule has 6 heteroatoms. The maximum atomic E-state index is 11.1. The second-order valence-electron chi connectivity index (χ2n) is 4.14. The maximum Gasteiger partial charge on any atom is 0.298 e. The number of anilines is 1. The van der Waals surface area contributed by atoms with Crippen LogP contribution in [0.2, 0.25) is 0 Å². The number of benzene rings is 1. The number of oxazole rings is 1. The molecule has 0 bridgehead atoms. The van der Waals surface area contributed by atoms with Gasteiger partial charge in [0, 0.05) is 18.7 Å². The Morgan fingerprint density at radius 3 is 2.83 bits per heavy atom. The molecule has 1 amide bonds. The van der Waals surface area contributed by atoms with Crippen LogP contribution in [0.3, 0.4) is 0 Å². The van der Waals surface area contributed by atoms with E-state index in [9.17, 15) is 4.79 Å². The van der Waals surface area contributed by atoms with Gasteiger partial charge >= 0.3 is 0 Å². The minimum absolute atomic E-state index is 0.435. The summed E-state index contributed by atoms with van der Waals surface area (Å²) in [5.74, 6) is -0.465. The lowest BCUT2D eigenvalue weighted by Gasteiger charge is -2.24. The van der Waals surface area contributed by atoms with Crippen molar-refractivity contribution in [2.45, 2.75) is 0 Å². The van der Waals surface area contributed by atoms with Crippen molar-refractivity contribution in [2.24, 2.45) is 5.73 Å². The summed E-state index contributed by atoms with van der Waals surface area (Å²) >= 11 is 0. The fourth-order valence-corrected chi connectivity index (χ4v) is 1.96. The van der Waals surface area contributed by atoms with E-state index in [0.717, 1.165) is 13.1 Å². The molecule has 0 atom stereocenters. The lowest BCUT2D eigenvalue weighted by atomic mass is 10.2. The van der Waals surface area contributed by atoms with Gasteiger partial charge in [0.05, 0.1) is 13.2 Å². The fourth-order valence-electron chi connectivity index (χ4n) is 1.96. The molecule has 0 unspecified atom stereocenters. The molecule has 18 heavy (non-hydrogen) atoms. The van der Waals surface area contributed by atoms with Crippen LogP contribution in [0.25, 0.3) is 11.1 Å². The van der Waals surface area contributed by atoms with Gasteiger partial charge in [-0.2, -0.15) is 4.98 Å². The van der Waals surface area contributed by atoms with E-state index in [1.54, 1.807) is 18.2 Å². The summed E-state index contributed by atoms with van der Waals surface area (Å²) < 4.78 is 10.9. The van der Waals surface area contributed by atoms with Gasteiger partial charge in [-0.15, -0.1) is 0 Å². The van der Waals surface area contributed by atoms with E-state index in [0.29, 0.717) is 35.9 Å². The van der Waals surface area contributed by atoms with E-state index >= 15 is 0 Å². The Kier molecular flexibility index (Phi) is 2.64. The summed E-state index contributed by atoms with van der Waals surface area (Å²) in [7, 11) is 0. The lowest BCUT2D eigenvalue weighted by Crippen LogP contribution is -2.36. The average Bonchev–Trinajstić information content (AvgIpc) is 2.82. The first kappa shape index (κ1) is 11.0. The normalized spacial score (nSPS) is 16.1. The second kappa shape index (κ2) is 4.30. The smallest absolute Gasteiger partial charge is 0.298 e. The average molecular weight is 247 g/mol. The third kappa shape index (κ3) is 1.91. The van der Waals surface area contributed by atoms with Crippen LogP contribution in [0.1, 0.15) is 10.4 Å². The zero-order chi connectivity index (χ0) is 12.5. The molecule has 94 valence electrons. The molecule has 2 N–H and O–H groups in total. The Labute approximate surface area is 103 Å². The Morgan fingerprint density at radius 1 is 1.33 bits per heavy atom. The van der Waals surface area contributed by atoms with Crippen LogP contribution in [0, 0.1) is 0 Å². The van der Waals surface area contributed by atoms with Crippen molar-refractivity contribution in [3.8, 4) is 0 Å². The standard InChI is InChI=1S/C12H13N3O3/c13-11(16)8-1-2-10-9(7-8)14-12(18-10)15-3-5-17-6-4-15/h1-2,7H,3-6H2,(H2,13,16). The Bertz CT molecular complexity index is 587. The number of primary amides is 1. The van der Waals surface area contributed by atoms with Gasteiger partial charge in [0.25, 0.3) is 6.01 Å². The lowest BCUT2D eigenvalue weighted by molar-refractivity contribution is 0.100. The van der Waals surface area contributed by atoms with Crippen molar-refractivity contribution in [1.29, 1.82) is 0 Å². The van der Waals surface area contributed by atoms with Crippen LogP contribution < -0.4 is 10.6 Å². The zero-order valence-corrected chi connectivity index (χ0v) is 9.76. The monoisotopic (exact) mass is 247 g/mol. The highest BCUT2D eigenvalue weighted by atomic mass is 16.5. The van der Waals surface area contributed by atoms with Crippen LogP contribution in [0.5, 0.6) is 0 Å². The maximum absolute atomic E-state index is 11.1. The second-order valence-corrected chi connectivity index (χ2v) is 4.14. The molecule has 1 fully saturated rings. The number of rotatable bonds is 2. The summed E-state index contributed by atoms with van der Waals surface area (Å²) in [6.07, 6.45) is 0. The molecular weight excluding hydrogens is 234 g/mol. The molecule has 1 aromatic heterocycles. The van der Waals surface area contributed by atoms with Crippen molar-refractivity contribution >= 4 is 23.0 Å². The van der Waals surface area contributed by atoms with E-state index in [1.807, 2.05) is 4.90 Å². The highest BCUT2D eigenvalue weighted by Crippen LogP contribution is 2.23. The molecule has 0 saturated carbocycles. The molecule has 0 radical (unpaired) electrons. The predicted octanol–water partition coefficient (Wildman–Crippen LogP) is 0.763. The SMILES string of the molecule is NC(=O)c1ccc2oc(N3CCOCC3)nc2c1. The number of amides is 1. The molecule has 1 aliphatic heterocycles. The highest BCUT2D eigenvalue weighted by Gasteiger charge is 2.17. The number of nitrogens with zero attached hydrogens (tertiary/aromatic N) is 2. The number of hydrogen-bond donors (Lipinski definition) is 1. The predicted molar refractivity (Wildman–Crippen MR) is 65.6 cm³/mol. The van der Waals surface area contributed by atoms with Crippen molar-refractivity contribution in [2.75, 3.05) is 31.2 Å². The third-order valence-corrected chi connectivity index (χ3v) is 2.94. The first-order valence-electron chi connectivity index (χ1n) is 5.77. The topological polar surface area (TPSA) is 81.6 Å². The summed E-state index contributed by atoms with van der Waals surface area (Å²) in [4.78, 5) is 17.5. The number of morpholine rings is 1. The Balaban J connectivity index is 1.97. The van der Waals surface area contributed by atoms with E-state index in [4.69, 9.17) is 14.9 Å². The van der Waals surface area contributed by atoms with Gasteiger partial charge in [0.15, 0.2) is 5.58 Å². The molecular formula is C12H13N3O3. The van der Waals surface area contributed by atoms with Crippen LogP contribution in [0.15, 0.2) is 22.6 Å². The van der Waals surface area contributed by atoms with Gasteiger partial charge in [0.2, 0.25) is 5.91 Å². The third-order valence-electron chi connectivity index (χ3n) is 2.94. The van der Waals surface area contributed by atoms with E-state index in [-0.39, 0.29) is 0 Å². The first-order valence-corrected chi connectivity index (χ1v) is 5.77. The number of aromatic nitrogens is 1. The van der Waals surface area contributed by atoms with Crippen molar-refractivity contribution in [3.63, 3.8) is 0 Å². The first-order chi connectivity index (χ1) is 8.74. The van der Waals surface area contributed by atoms with Crippen LogP contribution in [-0.2, 0) is 4.74 Å². The quantitative estimate of drug-likeness (QED) is 0.847. The van der Waals surface area contributed by atoms with Crippen molar-refractivity contribution in [1.82, 2.24) is 4.98 Å². The molecule has 0 spiro atoms. The number of nitrogens with two attached hydrogens (primary N) is 1. The molecule has 1 aliphatic rings. The molecule has 6 nitrogen and oxygen atoms in total. The molecule has 1 saturated heterocycles. The van der Waals surface area contributed by atoms with Crippen molar-refractivity contribution in [3.05, 3.63) is 23.8 Å². The molecule has 3 rings (SSSR count). The summed E-state index contributed by atoms with van der Waals surface area (Å²) in [6.45, 7) is 2.86. The highest BCUT2D eigenvalue weighted by molar-refractivity contribution is 5.96. The minimum Gasteiger partial charge on any atom is -0.423 e. The summed E-state index contributed by atoms with van der Waals surface area (Å²) in [5, 5.41) is 0. The molecule has 2 aromatic rings. The fraction of sp³-hybridized carbons (Fsp3) is 0.333. The Hall–Kier alpha value is -2.08. The number of carbonyl (C=O) groups is 1. The number of hydrogen-bond acceptors (Lipinski definition) is 5. The van der Waals surface area contributed by atoms with E-state index < -0.39 is 5.91 Å². The van der Waals surface area contributed by atoms with Crippen LogP contribution in [-0.4, -0.2) is 37.2 Å². The zero-order valence-electron chi connectivity index (χ0n) is 9.76.